The normalized spacial score (nSPS) is 10.9. The SMILES string of the molecule is COC(=O)NCCCN(CC(C)C)Sc1cccc(O)c1. The van der Waals surface area contributed by atoms with Crippen LogP contribution in [0.5, 0.6) is 5.75 Å². The van der Waals surface area contributed by atoms with E-state index in [0.29, 0.717) is 12.5 Å². The number of nitrogens with zero attached hydrogens (tertiary/aromatic N) is 1. The summed E-state index contributed by atoms with van der Waals surface area (Å²) >= 11 is 1.63. The van der Waals surface area contributed by atoms with Gasteiger partial charge in [-0.15, -0.1) is 0 Å². The standard InChI is InChI=1S/C15H24N2O3S/c1-12(2)11-17(9-5-8-16-15(19)20-3)21-14-7-4-6-13(18)10-14/h4,6-7,10,12,18H,5,8-9,11H2,1-3H3,(H,16,19). The lowest BCUT2D eigenvalue weighted by Gasteiger charge is -2.23. The number of ether oxygens (including phenoxy) is 1. The Hall–Kier alpha value is -1.40. The molecule has 21 heavy (non-hydrogen) atoms. The van der Waals surface area contributed by atoms with Crippen LogP contribution in [0, 0.1) is 5.92 Å². The van der Waals surface area contributed by atoms with Crippen LogP contribution in [0.3, 0.4) is 0 Å². The number of phenols is 1. The molecule has 0 aliphatic heterocycles. The van der Waals surface area contributed by atoms with Gasteiger partial charge in [0.25, 0.3) is 0 Å². The van der Waals surface area contributed by atoms with Crippen molar-refractivity contribution in [1.82, 2.24) is 9.62 Å². The number of carbonyl (C=O) groups excluding carboxylic acids is 1. The fraction of sp³-hybridized carbons (Fsp3) is 0.533. The monoisotopic (exact) mass is 312 g/mol. The minimum atomic E-state index is -0.397. The molecule has 1 rings (SSSR count). The van der Waals surface area contributed by atoms with Gasteiger partial charge in [0.05, 0.1) is 7.11 Å². The highest BCUT2D eigenvalue weighted by Gasteiger charge is 2.10. The van der Waals surface area contributed by atoms with Gasteiger partial charge in [0.1, 0.15) is 5.75 Å². The van der Waals surface area contributed by atoms with Gasteiger partial charge in [0, 0.05) is 24.5 Å². The minimum Gasteiger partial charge on any atom is -0.508 e. The van der Waals surface area contributed by atoms with Crippen molar-refractivity contribution < 1.29 is 14.6 Å². The summed E-state index contributed by atoms with van der Waals surface area (Å²) in [7, 11) is 1.36. The molecule has 0 heterocycles. The summed E-state index contributed by atoms with van der Waals surface area (Å²) < 4.78 is 6.78. The van der Waals surface area contributed by atoms with E-state index in [0.717, 1.165) is 24.4 Å². The number of amides is 1. The average molecular weight is 312 g/mol. The summed E-state index contributed by atoms with van der Waals surface area (Å²) in [6, 6.07) is 7.23. The number of alkyl carbamates (subject to hydrolysis) is 1. The number of carbonyl (C=O) groups is 1. The molecule has 1 amide bonds. The van der Waals surface area contributed by atoms with E-state index < -0.39 is 6.09 Å². The molecule has 0 bridgehead atoms. The molecule has 0 spiro atoms. The van der Waals surface area contributed by atoms with Crippen molar-refractivity contribution in [3.63, 3.8) is 0 Å². The molecule has 0 aliphatic rings. The van der Waals surface area contributed by atoms with Crippen molar-refractivity contribution >= 4 is 18.0 Å². The number of phenolic OH excluding ortho intramolecular Hbond substituents is 1. The molecule has 1 aromatic rings. The van der Waals surface area contributed by atoms with Crippen LogP contribution >= 0.6 is 11.9 Å². The third kappa shape index (κ3) is 7.82. The second-order valence-corrected chi connectivity index (χ2v) is 6.31. The van der Waals surface area contributed by atoms with E-state index in [1.165, 1.54) is 7.11 Å². The molecule has 0 radical (unpaired) electrons. The first-order valence-corrected chi connectivity index (χ1v) is 7.82. The average Bonchev–Trinajstić information content (AvgIpc) is 2.42. The van der Waals surface area contributed by atoms with Crippen LogP contribution in [0.15, 0.2) is 29.2 Å². The van der Waals surface area contributed by atoms with Crippen molar-refractivity contribution in [2.45, 2.75) is 25.2 Å². The maximum absolute atomic E-state index is 11.0. The van der Waals surface area contributed by atoms with Crippen molar-refractivity contribution in [1.29, 1.82) is 0 Å². The van der Waals surface area contributed by atoms with Crippen molar-refractivity contribution in [3.8, 4) is 5.75 Å². The summed E-state index contributed by atoms with van der Waals surface area (Å²) in [5.41, 5.74) is 0. The van der Waals surface area contributed by atoms with Crippen LogP contribution in [-0.4, -0.2) is 42.2 Å². The molecule has 0 unspecified atom stereocenters. The van der Waals surface area contributed by atoms with E-state index in [2.05, 4.69) is 28.2 Å². The molecular weight excluding hydrogens is 288 g/mol. The van der Waals surface area contributed by atoms with Gasteiger partial charge in [-0.05, 0) is 42.5 Å². The lowest BCUT2D eigenvalue weighted by atomic mass is 10.2. The number of hydrogen-bond donors (Lipinski definition) is 2. The molecule has 6 heteroatoms. The summed E-state index contributed by atoms with van der Waals surface area (Å²) in [6.07, 6.45) is 0.444. The lowest BCUT2D eigenvalue weighted by molar-refractivity contribution is 0.170. The first kappa shape index (κ1) is 17.7. The Bertz CT molecular complexity index is 441. The number of hydrogen-bond acceptors (Lipinski definition) is 5. The minimum absolute atomic E-state index is 0.275. The first-order valence-electron chi connectivity index (χ1n) is 7.05. The Kier molecular flexibility index (Phi) is 8.00. The molecule has 0 atom stereocenters. The summed E-state index contributed by atoms with van der Waals surface area (Å²) in [4.78, 5) is 12.0. The van der Waals surface area contributed by atoms with E-state index in [9.17, 15) is 9.90 Å². The second-order valence-electron chi connectivity index (χ2n) is 5.14. The Morgan fingerprint density at radius 1 is 1.48 bits per heavy atom. The number of nitrogens with one attached hydrogen (secondary N) is 1. The lowest BCUT2D eigenvalue weighted by Crippen LogP contribution is -2.28. The van der Waals surface area contributed by atoms with Gasteiger partial charge in [0.2, 0.25) is 0 Å². The topological polar surface area (TPSA) is 61.8 Å². The molecule has 0 saturated carbocycles. The van der Waals surface area contributed by atoms with Crippen LogP contribution in [0.25, 0.3) is 0 Å². The van der Waals surface area contributed by atoms with Crippen molar-refractivity contribution in [2.75, 3.05) is 26.7 Å². The molecule has 0 aromatic heterocycles. The van der Waals surface area contributed by atoms with Crippen LogP contribution in [0.4, 0.5) is 4.79 Å². The Labute approximate surface area is 130 Å². The van der Waals surface area contributed by atoms with Gasteiger partial charge in [0.15, 0.2) is 0 Å². The second kappa shape index (κ2) is 9.52. The zero-order chi connectivity index (χ0) is 15.7. The van der Waals surface area contributed by atoms with E-state index in [1.807, 2.05) is 12.1 Å². The molecule has 0 saturated heterocycles. The maximum Gasteiger partial charge on any atom is 0.406 e. The number of benzene rings is 1. The van der Waals surface area contributed by atoms with Gasteiger partial charge in [-0.2, -0.15) is 0 Å². The predicted molar refractivity (Wildman–Crippen MR) is 85.4 cm³/mol. The smallest absolute Gasteiger partial charge is 0.406 e. The zero-order valence-corrected chi connectivity index (χ0v) is 13.7. The predicted octanol–water partition coefficient (Wildman–Crippen LogP) is 3.10. The van der Waals surface area contributed by atoms with Crippen LogP contribution in [-0.2, 0) is 4.74 Å². The zero-order valence-electron chi connectivity index (χ0n) is 12.8. The highest BCUT2D eigenvalue weighted by Crippen LogP contribution is 2.26. The highest BCUT2D eigenvalue weighted by atomic mass is 32.2. The third-order valence-corrected chi connectivity index (χ3v) is 3.71. The fourth-order valence-electron chi connectivity index (χ4n) is 1.79. The van der Waals surface area contributed by atoms with Crippen LogP contribution < -0.4 is 5.32 Å². The molecule has 1 aromatic carbocycles. The number of aromatic hydroxyl groups is 1. The third-order valence-electron chi connectivity index (χ3n) is 2.66. The molecule has 0 aliphatic carbocycles. The summed E-state index contributed by atoms with van der Waals surface area (Å²) in [5.74, 6) is 0.820. The van der Waals surface area contributed by atoms with E-state index >= 15 is 0 Å². The molecular formula is C15H24N2O3S. The van der Waals surface area contributed by atoms with Crippen molar-refractivity contribution in [3.05, 3.63) is 24.3 Å². The maximum atomic E-state index is 11.0. The number of methoxy groups -OCH3 is 1. The Morgan fingerprint density at radius 3 is 2.86 bits per heavy atom. The van der Waals surface area contributed by atoms with E-state index in [4.69, 9.17) is 0 Å². The van der Waals surface area contributed by atoms with Gasteiger partial charge in [-0.25, -0.2) is 9.10 Å². The van der Waals surface area contributed by atoms with E-state index in [-0.39, 0.29) is 5.75 Å². The molecule has 118 valence electrons. The molecule has 5 nitrogen and oxygen atoms in total. The first-order chi connectivity index (χ1) is 10.0. The molecule has 0 fully saturated rings. The van der Waals surface area contributed by atoms with Crippen molar-refractivity contribution in [2.24, 2.45) is 5.92 Å². The number of rotatable bonds is 8. The van der Waals surface area contributed by atoms with Gasteiger partial charge in [-0.1, -0.05) is 19.9 Å². The molecule has 2 N–H and O–H groups in total. The summed E-state index contributed by atoms with van der Waals surface area (Å²) in [5, 5.41) is 12.2. The van der Waals surface area contributed by atoms with Gasteiger partial charge >= 0.3 is 6.09 Å². The largest absolute Gasteiger partial charge is 0.508 e. The Morgan fingerprint density at radius 2 is 2.24 bits per heavy atom. The summed E-state index contributed by atoms with van der Waals surface area (Å²) in [6.45, 7) is 6.72. The highest BCUT2D eigenvalue weighted by molar-refractivity contribution is 7.97. The van der Waals surface area contributed by atoms with E-state index in [1.54, 1.807) is 24.1 Å². The quantitative estimate of drug-likeness (QED) is 0.570. The van der Waals surface area contributed by atoms with Crippen LogP contribution in [0.1, 0.15) is 20.3 Å². The Balaban J connectivity index is 2.46. The fourth-order valence-corrected chi connectivity index (χ4v) is 2.99. The van der Waals surface area contributed by atoms with Gasteiger partial charge < -0.3 is 15.2 Å². The van der Waals surface area contributed by atoms with Gasteiger partial charge in [-0.3, -0.25) is 0 Å². The van der Waals surface area contributed by atoms with Crippen LogP contribution in [0.2, 0.25) is 0 Å².